The zero-order chi connectivity index (χ0) is 17.2. The Labute approximate surface area is 141 Å². The van der Waals surface area contributed by atoms with Crippen LogP contribution in [-0.4, -0.2) is 45.8 Å². The Morgan fingerprint density at radius 2 is 2.17 bits per heavy atom. The average Bonchev–Trinajstić information content (AvgIpc) is 3.26. The van der Waals surface area contributed by atoms with Crippen LogP contribution in [0.2, 0.25) is 0 Å². The van der Waals surface area contributed by atoms with Crippen LogP contribution in [0.1, 0.15) is 31.0 Å². The van der Waals surface area contributed by atoms with E-state index in [1.165, 1.54) is 0 Å². The highest BCUT2D eigenvalue weighted by atomic mass is 16.5. The minimum Gasteiger partial charge on any atom is -0.497 e. The number of carbonyl (C=O) groups is 1. The summed E-state index contributed by atoms with van der Waals surface area (Å²) in [5.41, 5.74) is 0.469. The number of methoxy groups -OCH3 is 1. The number of H-pyrrole nitrogens is 1. The van der Waals surface area contributed by atoms with Crippen molar-refractivity contribution in [2.75, 3.05) is 13.7 Å². The summed E-state index contributed by atoms with van der Waals surface area (Å²) in [6.07, 6.45) is 3.59. The van der Waals surface area contributed by atoms with E-state index in [0.717, 1.165) is 29.8 Å². The SMILES string of the molecule is COc1ccc([C@@](C)(O)[C@@H]2CCCN2C(=O)Cc2ccn[nH]2)cc1. The van der Waals surface area contributed by atoms with E-state index in [1.807, 2.05) is 24.3 Å². The number of amides is 1. The summed E-state index contributed by atoms with van der Waals surface area (Å²) in [4.78, 5) is 14.4. The molecule has 0 saturated carbocycles. The van der Waals surface area contributed by atoms with Crippen molar-refractivity contribution in [1.82, 2.24) is 15.1 Å². The van der Waals surface area contributed by atoms with Gasteiger partial charge in [0.25, 0.3) is 0 Å². The van der Waals surface area contributed by atoms with Gasteiger partial charge >= 0.3 is 0 Å². The maximum Gasteiger partial charge on any atom is 0.228 e. The van der Waals surface area contributed by atoms with Gasteiger partial charge in [-0.2, -0.15) is 5.10 Å². The highest BCUT2D eigenvalue weighted by Crippen LogP contribution is 2.35. The van der Waals surface area contributed by atoms with Crippen molar-refractivity contribution >= 4 is 5.91 Å². The lowest BCUT2D eigenvalue weighted by Gasteiger charge is -2.37. The minimum absolute atomic E-state index is 0.00976. The number of aromatic nitrogens is 2. The maximum atomic E-state index is 12.6. The van der Waals surface area contributed by atoms with Crippen molar-refractivity contribution in [3.8, 4) is 5.75 Å². The smallest absolute Gasteiger partial charge is 0.228 e. The molecule has 1 aliphatic rings. The van der Waals surface area contributed by atoms with Gasteiger partial charge in [-0.25, -0.2) is 0 Å². The third kappa shape index (κ3) is 3.14. The van der Waals surface area contributed by atoms with Crippen LogP contribution >= 0.6 is 0 Å². The number of aliphatic hydroxyl groups is 1. The zero-order valence-electron chi connectivity index (χ0n) is 14.0. The van der Waals surface area contributed by atoms with Gasteiger partial charge in [0.2, 0.25) is 5.91 Å². The number of ether oxygens (including phenoxy) is 1. The van der Waals surface area contributed by atoms with Crippen LogP contribution in [0.3, 0.4) is 0 Å². The van der Waals surface area contributed by atoms with Crippen molar-refractivity contribution in [3.05, 3.63) is 47.8 Å². The van der Waals surface area contributed by atoms with E-state index in [0.29, 0.717) is 6.54 Å². The second-order valence-corrected chi connectivity index (χ2v) is 6.38. The van der Waals surface area contributed by atoms with Gasteiger partial charge in [-0.05, 0) is 43.5 Å². The maximum absolute atomic E-state index is 12.6. The predicted molar refractivity (Wildman–Crippen MR) is 89.6 cm³/mol. The van der Waals surface area contributed by atoms with Crippen molar-refractivity contribution in [2.45, 2.75) is 37.8 Å². The van der Waals surface area contributed by atoms with Gasteiger partial charge in [-0.3, -0.25) is 9.89 Å². The molecule has 2 aromatic rings. The first-order valence-electron chi connectivity index (χ1n) is 8.17. The van der Waals surface area contributed by atoms with E-state index in [-0.39, 0.29) is 18.4 Å². The molecule has 1 aromatic carbocycles. The molecule has 24 heavy (non-hydrogen) atoms. The molecular formula is C18H23N3O3. The molecule has 0 aliphatic carbocycles. The molecule has 3 rings (SSSR count). The molecule has 2 atom stereocenters. The Hall–Kier alpha value is -2.34. The summed E-state index contributed by atoms with van der Waals surface area (Å²) in [6, 6.07) is 8.93. The van der Waals surface area contributed by atoms with Crippen molar-refractivity contribution in [1.29, 1.82) is 0 Å². The molecule has 1 saturated heterocycles. The van der Waals surface area contributed by atoms with Gasteiger partial charge in [0.05, 0.1) is 19.6 Å². The summed E-state index contributed by atoms with van der Waals surface area (Å²) in [6.45, 7) is 2.45. The van der Waals surface area contributed by atoms with Gasteiger partial charge < -0.3 is 14.7 Å². The number of aromatic amines is 1. The normalized spacial score (nSPS) is 20.0. The number of nitrogens with zero attached hydrogens (tertiary/aromatic N) is 2. The topological polar surface area (TPSA) is 78.5 Å². The third-order valence-corrected chi connectivity index (χ3v) is 4.80. The summed E-state index contributed by atoms with van der Waals surface area (Å²) in [5.74, 6) is 0.753. The summed E-state index contributed by atoms with van der Waals surface area (Å²) in [7, 11) is 1.61. The quantitative estimate of drug-likeness (QED) is 0.878. The molecule has 2 N–H and O–H groups in total. The van der Waals surface area contributed by atoms with Gasteiger partial charge in [0.1, 0.15) is 11.4 Å². The lowest BCUT2D eigenvalue weighted by atomic mass is 9.86. The number of benzene rings is 1. The Balaban J connectivity index is 1.78. The molecule has 1 amide bonds. The number of hydrogen-bond donors (Lipinski definition) is 2. The Morgan fingerprint density at radius 1 is 1.42 bits per heavy atom. The van der Waals surface area contributed by atoms with Gasteiger partial charge in [-0.1, -0.05) is 12.1 Å². The molecule has 1 fully saturated rings. The average molecular weight is 329 g/mol. The summed E-state index contributed by atoms with van der Waals surface area (Å²) >= 11 is 0. The van der Waals surface area contributed by atoms with E-state index >= 15 is 0 Å². The largest absolute Gasteiger partial charge is 0.497 e. The van der Waals surface area contributed by atoms with Crippen LogP contribution in [-0.2, 0) is 16.8 Å². The molecule has 0 unspecified atom stereocenters. The molecule has 1 aromatic heterocycles. The molecule has 6 heteroatoms. The van der Waals surface area contributed by atoms with Crippen molar-refractivity contribution < 1.29 is 14.6 Å². The van der Waals surface area contributed by atoms with E-state index in [4.69, 9.17) is 4.74 Å². The molecule has 128 valence electrons. The molecule has 0 radical (unpaired) electrons. The second kappa shape index (κ2) is 6.65. The molecule has 0 spiro atoms. The Kier molecular flexibility index (Phi) is 4.57. The molecular weight excluding hydrogens is 306 g/mol. The standard InChI is InChI=1S/C18H23N3O3/c1-18(23,13-5-7-15(24-2)8-6-13)16-4-3-11-21(16)17(22)12-14-9-10-19-20-14/h5-10,16,23H,3-4,11-12H2,1-2H3,(H,19,20)/t16-,18+/m0/s1. The lowest BCUT2D eigenvalue weighted by molar-refractivity contribution is -0.137. The van der Waals surface area contributed by atoms with Crippen LogP contribution < -0.4 is 4.74 Å². The zero-order valence-corrected chi connectivity index (χ0v) is 14.0. The first-order valence-corrected chi connectivity index (χ1v) is 8.17. The fourth-order valence-corrected chi connectivity index (χ4v) is 3.42. The second-order valence-electron chi connectivity index (χ2n) is 6.38. The molecule has 1 aliphatic heterocycles. The highest BCUT2D eigenvalue weighted by Gasteiger charge is 2.42. The number of rotatable bonds is 5. The number of nitrogens with one attached hydrogen (secondary N) is 1. The van der Waals surface area contributed by atoms with E-state index in [2.05, 4.69) is 10.2 Å². The first kappa shape index (κ1) is 16.5. The van der Waals surface area contributed by atoms with Crippen LogP contribution in [0.4, 0.5) is 0 Å². The Morgan fingerprint density at radius 3 is 2.79 bits per heavy atom. The van der Waals surface area contributed by atoms with E-state index in [9.17, 15) is 9.90 Å². The highest BCUT2D eigenvalue weighted by molar-refractivity contribution is 5.79. The van der Waals surface area contributed by atoms with Gasteiger partial charge in [0.15, 0.2) is 0 Å². The monoisotopic (exact) mass is 329 g/mol. The van der Waals surface area contributed by atoms with Gasteiger partial charge in [-0.15, -0.1) is 0 Å². The van der Waals surface area contributed by atoms with Crippen LogP contribution in [0.15, 0.2) is 36.5 Å². The van der Waals surface area contributed by atoms with Crippen LogP contribution in [0, 0.1) is 0 Å². The minimum atomic E-state index is -1.10. The summed E-state index contributed by atoms with van der Waals surface area (Å²) in [5, 5.41) is 17.8. The van der Waals surface area contributed by atoms with Gasteiger partial charge in [0, 0.05) is 18.4 Å². The molecule has 0 bridgehead atoms. The van der Waals surface area contributed by atoms with Crippen LogP contribution in [0.5, 0.6) is 5.75 Å². The first-order chi connectivity index (χ1) is 11.5. The fourth-order valence-electron chi connectivity index (χ4n) is 3.42. The third-order valence-electron chi connectivity index (χ3n) is 4.80. The Bertz CT molecular complexity index is 680. The van der Waals surface area contributed by atoms with E-state index < -0.39 is 5.60 Å². The molecule has 6 nitrogen and oxygen atoms in total. The number of carbonyl (C=O) groups excluding carboxylic acids is 1. The number of likely N-dealkylation sites (tertiary alicyclic amines) is 1. The molecule has 2 heterocycles. The lowest BCUT2D eigenvalue weighted by Crippen LogP contribution is -2.48. The van der Waals surface area contributed by atoms with Crippen molar-refractivity contribution in [2.24, 2.45) is 0 Å². The number of hydrogen-bond acceptors (Lipinski definition) is 4. The summed E-state index contributed by atoms with van der Waals surface area (Å²) < 4.78 is 5.17. The fraction of sp³-hybridized carbons (Fsp3) is 0.444. The van der Waals surface area contributed by atoms with Crippen molar-refractivity contribution in [3.63, 3.8) is 0 Å². The predicted octanol–water partition coefficient (Wildman–Crippen LogP) is 1.86. The van der Waals surface area contributed by atoms with E-state index in [1.54, 1.807) is 31.2 Å². The van der Waals surface area contributed by atoms with Crippen LogP contribution in [0.25, 0.3) is 0 Å².